The number of urea groups is 1. The molecular formula is C17H23N7O2. The minimum atomic E-state index is -1.06. The zero-order valence-corrected chi connectivity index (χ0v) is 15.0. The third-order valence-electron chi connectivity index (χ3n) is 4.31. The summed E-state index contributed by atoms with van der Waals surface area (Å²) < 4.78 is 0. The maximum atomic E-state index is 12.0. The molecule has 0 bridgehead atoms. The summed E-state index contributed by atoms with van der Waals surface area (Å²) in [6.07, 6.45) is 5.28. The third kappa shape index (κ3) is 3.57. The average Bonchev–Trinajstić information content (AvgIpc) is 3.16. The van der Waals surface area contributed by atoms with Gasteiger partial charge in [-0.3, -0.25) is 15.2 Å². The van der Waals surface area contributed by atoms with Gasteiger partial charge in [-0.25, -0.2) is 9.80 Å². The van der Waals surface area contributed by atoms with E-state index in [1.54, 1.807) is 23.5 Å². The monoisotopic (exact) mass is 357 g/mol. The van der Waals surface area contributed by atoms with Crippen molar-refractivity contribution in [2.24, 2.45) is 10.2 Å². The maximum absolute atomic E-state index is 12.0. The molecule has 3 N–H and O–H groups in total. The van der Waals surface area contributed by atoms with Gasteiger partial charge in [0.2, 0.25) is 11.6 Å². The van der Waals surface area contributed by atoms with Gasteiger partial charge in [0.15, 0.2) is 0 Å². The van der Waals surface area contributed by atoms with Crippen LogP contribution in [0, 0.1) is 0 Å². The molecule has 2 aliphatic heterocycles. The summed E-state index contributed by atoms with van der Waals surface area (Å²) >= 11 is 0. The molecule has 3 amide bonds. The molecule has 0 saturated heterocycles. The zero-order valence-electron chi connectivity index (χ0n) is 15.0. The number of pyridine rings is 1. The van der Waals surface area contributed by atoms with Crippen LogP contribution < -0.4 is 16.1 Å². The maximum Gasteiger partial charge on any atom is 0.329 e. The van der Waals surface area contributed by atoms with Gasteiger partial charge in [0, 0.05) is 43.5 Å². The Kier molecular flexibility index (Phi) is 5.27. The first-order valence-electron chi connectivity index (χ1n) is 8.69. The summed E-state index contributed by atoms with van der Waals surface area (Å²) in [6.45, 7) is 4.99. The van der Waals surface area contributed by atoms with Gasteiger partial charge >= 0.3 is 6.03 Å². The number of azo groups is 1. The van der Waals surface area contributed by atoms with Gasteiger partial charge in [0.1, 0.15) is 0 Å². The normalized spacial score (nSPS) is 21.6. The number of nitrogens with one attached hydrogen (secondary N) is 3. The van der Waals surface area contributed by atoms with E-state index in [9.17, 15) is 9.59 Å². The number of rotatable bonds is 6. The van der Waals surface area contributed by atoms with E-state index in [1.807, 2.05) is 6.07 Å². The Morgan fingerprint density at radius 2 is 2.19 bits per heavy atom. The van der Waals surface area contributed by atoms with E-state index in [0.29, 0.717) is 19.6 Å². The Balaban J connectivity index is 1.74. The highest BCUT2D eigenvalue weighted by atomic mass is 16.2. The molecule has 2 aliphatic rings. The van der Waals surface area contributed by atoms with Crippen LogP contribution in [0.15, 0.2) is 46.0 Å². The molecule has 1 atom stereocenters. The van der Waals surface area contributed by atoms with Crippen molar-refractivity contribution in [1.82, 2.24) is 26.1 Å². The van der Waals surface area contributed by atoms with Crippen LogP contribution in [0.1, 0.15) is 32.3 Å². The first-order valence-corrected chi connectivity index (χ1v) is 8.69. The summed E-state index contributed by atoms with van der Waals surface area (Å²) in [5, 5.41) is 16.1. The van der Waals surface area contributed by atoms with Gasteiger partial charge in [-0.1, -0.05) is 19.4 Å². The van der Waals surface area contributed by atoms with Crippen LogP contribution in [-0.2, 0) is 10.5 Å². The molecule has 0 fully saturated rings. The van der Waals surface area contributed by atoms with E-state index >= 15 is 0 Å². The average molecular weight is 357 g/mol. The van der Waals surface area contributed by atoms with Gasteiger partial charge in [-0.15, -0.1) is 0 Å². The molecule has 0 saturated carbocycles. The Morgan fingerprint density at radius 3 is 2.88 bits per heavy atom. The number of unbranched alkanes of at least 4 members (excludes halogenated alkanes) is 1. The summed E-state index contributed by atoms with van der Waals surface area (Å²) in [5.74, 6) is -0.217. The standard InChI is InChI=1S/C17H23N7O2/c1-3-4-8-19-16(26)22-24-10-14-15(11-24)21-23-17(14,20-12(2)25)13-6-5-7-18-9-13/h5-7,9H,3-4,8,10-11H2,1-2H3,(H,20,25)(H2,19,22,26). The number of nitrogens with zero attached hydrogens (tertiary/aromatic N) is 4. The summed E-state index contributed by atoms with van der Waals surface area (Å²) in [7, 11) is 0. The predicted molar refractivity (Wildman–Crippen MR) is 94.6 cm³/mol. The highest BCUT2D eigenvalue weighted by Crippen LogP contribution is 2.41. The van der Waals surface area contributed by atoms with Crippen LogP contribution in [0.25, 0.3) is 0 Å². The second-order valence-corrected chi connectivity index (χ2v) is 6.34. The Hall–Kier alpha value is -2.81. The number of carbonyl (C=O) groups excluding carboxylic acids is 2. The minimum Gasteiger partial charge on any atom is -0.337 e. The molecule has 1 aromatic rings. The number of hydrogen-bond acceptors (Lipinski definition) is 6. The van der Waals surface area contributed by atoms with Crippen LogP contribution in [0.2, 0.25) is 0 Å². The number of hydrogen-bond donors (Lipinski definition) is 3. The van der Waals surface area contributed by atoms with Crippen molar-refractivity contribution in [2.45, 2.75) is 32.4 Å². The van der Waals surface area contributed by atoms with Gasteiger partial charge in [0.05, 0.1) is 12.2 Å². The van der Waals surface area contributed by atoms with Gasteiger partial charge in [0.25, 0.3) is 0 Å². The molecule has 0 aromatic carbocycles. The molecule has 0 aliphatic carbocycles. The Morgan fingerprint density at radius 1 is 1.35 bits per heavy atom. The van der Waals surface area contributed by atoms with Crippen molar-refractivity contribution in [3.63, 3.8) is 0 Å². The van der Waals surface area contributed by atoms with Crippen LogP contribution in [0.3, 0.4) is 0 Å². The zero-order chi connectivity index (χ0) is 18.6. The fraction of sp³-hybridized carbons (Fsp3) is 0.471. The first kappa shape index (κ1) is 18.0. The van der Waals surface area contributed by atoms with Crippen LogP contribution in [0.4, 0.5) is 4.79 Å². The smallest absolute Gasteiger partial charge is 0.329 e. The van der Waals surface area contributed by atoms with Crippen molar-refractivity contribution in [3.8, 4) is 0 Å². The third-order valence-corrected chi connectivity index (χ3v) is 4.31. The molecule has 9 nitrogen and oxygen atoms in total. The van der Waals surface area contributed by atoms with Crippen molar-refractivity contribution >= 4 is 11.9 Å². The number of amides is 3. The minimum absolute atomic E-state index is 0.217. The lowest BCUT2D eigenvalue weighted by atomic mass is 9.93. The summed E-state index contributed by atoms with van der Waals surface area (Å²) in [6, 6.07) is 3.40. The van der Waals surface area contributed by atoms with E-state index in [2.05, 4.69) is 38.2 Å². The van der Waals surface area contributed by atoms with Crippen molar-refractivity contribution in [3.05, 3.63) is 41.4 Å². The number of carbonyl (C=O) groups is 2. The molecule has 1 unspecified atom stereocenters. The Bertz CT molecular complexity index is 747. The van der Waals surface area contributed by atoms with E-state index in [0.717, 1.165) is 29.7 Å². The highest BCUT2D eigenvalue weighted by molar-refractivity contribution is 5.75. The molecule has 3 heterocycles. The topological polar surface area (TPSA) is 111 Å². The lowest BCUT2D eigenvalue weighted by Crippen LogP contribution is -2.49. The first-order chi connectivity index (χ1) is 12.5. The van der Waals surface area contributed by atoms with Gasteiger partial charge in [-0.2, -0.15) is 10.2 Å². The molecule has 9 heteroatoms. The molecular weight excluding hydrogens is 334 g/mol. The Labute approximate surface area is 151 Å². The number of aromatic nitrogens is 1. The van der Waals surface area contributed by atoms with E-state index < -0.39 is 5.66 Å². The quantitative estimate of drug-likeness (QED) is 0.669. The number of hydrazine groups is 1. The highest BCUT2D eigenvalue weighted by Gasteiger charge is 2.47. The van der Waals surface area contributed by atoms with Gasteiger partial charge in [-0.05, 0) is 12.5 Å². The molecule has 0 radical (unpaired) electrons. The largest absolute Gasteiger partial charge is 0.337 e. The van der Waals surface area contributed by atoms with Crippen LogP contribution in [-0.4, -0.2) is 41.6 Å². The molecule has 26 heavy (non-hydrogen) atoms. The lowest BCUT2D eigenvalue weighted by molar-refractivity contribution is -0.120. The van der Waals surface area contributed by atoms with Gasteiger partial charge < -0.3 is 10.6 Å². The lowest BCUT2D eigenvalue weighted by Gasteiger charge is -2.29. The molecule has 0 spiro atoms. The predicted octanol–water partition coefficient (Wildman–Crippen LogP) is 1.42. The summed E-state index contributed by atoms with van der Waals surface area (Å²) in [4.78, 5) is 27.9. The molecule has 138 valence electrons. The second kappa shape index (κ2) is 7.61. The fourth-order valence-electron chi connectivity index (χ4n) is 3.10. The molecule has 3 rings (SSSR count). The van der Waals surface area contributed by atoms with E-state index in [4.69, 9.17) is 0 Å². The molecule has 1 aromatic heterocycles. The van der Waals surface area contributed by atoms with E-state index in [-0.39, 0.29) is 11.9 Å². The van der Waals surface area contributed by atoms with E-state index in [1.165, 1.54) is 6.92 Å². The summed E-state index contributed by atoms with van der Waals surface area (Å²) in [5.41, 5.74) is 4.08. The van der Waals surface area contributed by atoms with Crippen LogP contribution >= 0.6 is 0 Å². The fourth-order valence-corrected chi connectivity index (χ4v) is 3.10. The van der Waals surface area contributed by atoms with Crippen molar-refractivity contribution in [2.75, 3.05) is 19.6 Å². The van der Waals surface area contributed by atoms with Crippen molar-refractivity contribution < 1.29 is 9.59 Å². The SMILES string of the molecule is CCCCNC(=O)NN1CC2=C(C1)C(NC(C)=O)(c1cccnc1)N=N2. The van der Waals surface area contributed by atoms with Crippen LogP contribution in [0.5, 0.6) is 0 Å². The van der Waals surface area contributed by atoms with Crippen molar-refractivity contribution in [1.29, 1.82) is 0 Å². The second-order valence-electron chi connectivity index (χ2n) is 6.34.